The standard InChI is InChI=1S/C22H24ClN5O/c1-2-19(27-29)28-13-9-17(10-14-28)22-20(15-7-11-24-12-8-15)21(25-26-22)16-3-5-18(23)6-4-16/h3-8,11-12,17,29H,2,9-10,13-14H2,1H3,(H,25,26)/b27-19-. The van der Waals surface area contributed by atoms with Crippen LogP contribution in [0.3, 0.4) is 0 Å². The largest absolute Gasteiger partial charge is 0.409 e. The minimum atomic E-state index is 0.361. The van der Waals surface area contributed by atoms with Crippen LogP contribution in [0.25, 0.3) is 22.4 Å². The van der Waals surface area contributed by atoms with Crippen molar-refractivity contribution in [3.8, 4) is 22.4 Å². The molecule has 1 saturated heterocycles. The zero-order valence-electron chi connectivity index (χ0n) is 16.3. The molecule has 2 N–H and O–H groups in total. The predicted molar refractivity (Wildman–Crippen MR) is 115 cm³/mol. The zero-order chi connectivity index (χ0) is 20.2. The summed E-state index contributed by atoms with van der Waals surface area (Å²) < 4.78 is 0. The molecule has 0 spiro atoms. The highest BCUT2D eigenvalue weighted by atomic mass is 35.5. The molecule has 0 bridgehead atoms. The highest BCUT2D eigenvalue weighted by Gasteiger charge is 2.28. The number of nitrogens with one attached hydrogen (secondary N) is 1. The first-order valence-corrected chi connectivity index (χ1v) is 10.3. The molecule has 0 aliphatic carbocycles. The minimum Gasteiger partial charge on any atom is -0.409 e. The lowest BCUT2D eigenvalue weighted by Crippen LogP contribution is -2.37. The summed E-state index contributed by atoms with van der Waals surface area (Å²) >= 11 is 6.08. The molecular formula is C22H24ClN5O. The van der Waals surface area contributed by atoms with Gasteiger partial charge in [0, 0.05) is 59.7 Å². The van der Waals surface area contributed by atoms with E-state index in [0.29, 0.717) is 10.9 Å². The summed E-state index contributed by atoms with van der Waals surface area (Å²) in [6.07, 6.45) is 6.30. The third-order valence-corrected chi connectivity index (χ3v) is 5.83. The van der Waals surface area contributed by atoms with Gasteiger partial charge in [-0.3, -0.25) is 10.1 Å². The van der Waals surface area contributed by atoms with Crippen LogP contribution in [0.1, 0.15) is 37.8 Å². The second-order valence-electron chi connectivity index (χ2n) is 7.23. The fraction of sp³-hybridized carbons (Fsp3) is 0.318. The van der Waals surface area contributed by atoms with Gasteiger partial charge in [0.05, 0.1) is 0 Å². The predicted octanol–water partition coefficient (Wildman–Crippen LogP) is 5.17. The summed E-state index contributed by atoms with van der Waals surface area (Å²) in [5.41, 5.74) is 5.33. The van der Waals surface area contributed by atoms with E-state index in [2.05, 4.69) is 25.2 Å². The van der Waals surface area contributed by atoms with Gasteiger partial charge in [-0.05, 0) is 42.7 Å². The first-order chi connectivity index (χ1) is 14.2. The second-order valence-corrected chi connectivity index (χ2v) is 7.67. The quantitative estimate of drug-likeness (QED) is 0.270. The molecule has 0 radical (unpaired) electrons. The Balaban J connectivity index is 1.69. The van der Waals surface area contributed by atoms with Crippen LogP contribution in [0.5, 0.6) is 0 Å². The SMILES string of the molecule is CC/C(=N/O)N1CCC(c2[nH]nc(-c3ccc(Cl)cc3)c2-c2ccncc2)CC1. The van der Waals surface area contributed by atoms with Crippen molar-refractivity contribution >= 4 is 17.4 Å². The second kappa shape index (κ2) is 8.66. The number of aromatic nitrogens is 3. The van der Waals surface area contributed by atoms with Gasteiger partial charge < -0.3 is 10.1 Å². The van der Waals surface area contributed by atoms with Crippen LogP contribution >= 0.6 is 11.6 Å². The Morgan fingerprint density at radius 1 is 1.14 bits per heavy atom. The molecule has 0 unspecified atom stereocenters. The van der Waals surface area contributed by atoms with E-state index in [9.17, 15) is 5.21 Å². The van der Waals surface area contributed by atoms with Gasteiger partial charge in [-0.25, -0.2) is 0 Å². The third-order valence-electron chi connectivity index (χ3n) is 5.58. The number of amidine groups is 1. The fourth-order valence-electron chi connectivity index (χ4n) is 4.06. The number of halogens is 1. The third kappa shape index (κ3) is 3.98. The number of oxime groups is 1. The highest BCUT2D eigenvalue weighted by Crippen LogP contribution is 2.39. The van der Waals surface area contributed by atoms with Crippen molar-refractivity contribution in [1.29, 1.82) is 0 Å². The van der Waals surface area contributed by atoms with E-state index in [-0.39, 0.29) is 0 Å². The number of aromatic amines is 1. The molecule has 1 aliphatic heterocycles. The topological polar surface area (TPSA) is 77.4 Å². The van der Waals surface area contributed by atoms with Gasteiger partial charge in [-0.15, -0.1) is 0 Å². The average molecular weight is 410 g/mol. The number of pyridine rings is 1. The summed E-state index contributed by atoms with van der Waals surface area (Å²) in [5.74, 6) is 1.11. The van der Waals surface area contributed by atoms with Gasteiger partial charge in [0.1, 0.15) is 11.5 Å². The molecule has 0 amide bonds. The molecule has 0 saturated carbocycles. The molecule has 6 nitrogen and oxygen atoms in total. The van der Waals surface area contributed by atoms with E-state index in [1.807, 2.05) is 55.7 Å². The molecule has 2 aromatic heterocycles. The Hall–Kier alpha value is -2.86. The van der Waals surface area contributed by atoms with Crippen LogP contribution < -0.4 is 0 Å². The van der Waals surface area contributed by atoms with Crippen LogP contribution in [0.2, 0.25) is 5.02 Å². The van der Waals surface area contributed by atoms with Gasteiger partial charge in [0.2, 0.25) is 0 Å². The van der Waals surface area contributed by atoms with Crippen molar-refractivity contribution < 1.29 is 5.21 Å². The molecule has 1 fully saturated rings. The van der Waals surface area contributed by atoms with Gasteiger partial charge in [0.15, 0.2) is 0 Å². The van der Waals surface area contributed by atoms with Crippen LogP contribution in [0.15, 0.2) is 53.9 Å². The van der Waals surface area contributed by atoms with E-state index in [4.69, 9.17) is 11.6 Å². The fourth-order valence-corrected chi connectivity index (χ4v) is 4.19. The molecular weight excluding hydrogens is 386 g/mol. The smallest absolute Gasteiger partial charge is 0.144 e. The minimum absolute atomic E-state index is 0.361. The number of piperidine rings is 1. The first-order valence-electron chi connectivity index (χ1n) is 9.91. The van der Waals surface area contributed by atoms with Gasteiger partial charge in [0.25, 0.3) is 0 Å². The lowest BCUT2D eigenvalue weighted by molar-refractivity contribution is 0.269. The van der Waals surface area contributed by atoms with Crippen LogP contribution in [-0.2, 0) is 0 Å². The number of nitrogens with zero attached hydrogens (tertiary/aromatic N) is 4. The summed E-state index contributed by atoms with van der Waals surface area (Å²) in [5, 5.41) is 21.4. The molecule has 7 heteroatoms. The van der Waals surface area contributed by atoms with Gasteiger partial charge in [-0.2, -0.15) is 5.10 Å². The average Bonchev–Trinajstić information content (AvgIpc) is 3.21. The normalized spacial score (nSPS) is 15.7. The molecule has 0 atom stereocenters. The molecule has 150 valence electrons. The van der Waals surface area contributed by atoms with Gasteiger partial charge >= 0.3 is 0 Å². The van der Waals surface area contributed by atoms with Crippen molar-refractivity contribution in [3.63, 3.8) is 0 Å². The van der Waals surface area contributed by atoms with Crippen molar-refractivity contribution in [3.05, 3.63) is 59.5 Å². The Labute approximate surface area is 175 Å². The number of likely N-dealkylation sites (tertiary alicyclic amines) is 1. The number of rotatable bonds is 4. The molecule has 3 aromatic rings. The summed E-state index contributed by atoms with van der Waals surface area (Å²) in [4.78, 5) is 6.33. The van der Waals surface area contributed by atoms with Crippen molar-refractivity contribution in [1.82, 2.24) is 20.1 Å². The van der Waals surface area contributed by atoms with Crippen molar-refractivity contribution in [2.75, 3.05) is 13.1 Å². The van der Waals surface area contributed by atoms with Crippen molar-refractivity contribution in [2.24, 2.45) is 5.16 Å². The molecule has 29 heavy (non-hydrogen) atoms. The highest BCUT2D eigenvalue weighted by molar-refractivity contribution is 6.30. The van der Waals surface area contributed by atoms with Crippen molar-refractivity contribution in [2.45, 2.75) is 32.1 Å². The first kappa shape index (κ1) is 19.5. The monoisotopic (exact) mass is 409 g/mol. The van der Waals surface area contributed by atoms with Crippen LogP contribution in [0.4, 0.5) is 0 Å². The molecule has 1 aromatic carbocycles. The lowest BCUT2D eigenvalue weighted by Gasteiger charge is -2.33. The number of H-pyrrole nitrogens is 1. The van der Waals surface area contributed by atoms with E-state index < -0.39 is 0 Å². The Morgan fingerprint density at radius 3 is 2.45 bits per heavy atom. The van der Waals surface area contributed by atoms with Gasteiger partial charge in [-0.1, -0.05) is 35.8 Å². The summed E-state index contributed by atoms with van der Waals surface area (Å²) in [6, 6.07) is 11.8. The van der Waals surface area contributed by atoms with Crippen LogP contribution in [-0.4, -0.2) is 44.2 Å². The number of hydrogen-bond donors (Lipinski definition) is 2. The number of benzene rings is 1. The summed E-state index contributed by atoms with van der Waals surface area (Å²) in [6.45, 7) is 3.74. The molecule has 3 heterocycles. The molecule has 1 aliphatic rings. The summed E-state index contributed by atoms with van der Waals surface area (Å²) in [7, 11) is 0. The maximum Gasteiger partial charge on any atom is 0.144 e. The van der Waals surface area contributed by atoms with E-state index in [1.54, 1.807) is 0 Å². The van der Waals surface area contributed by atoms with E-state index in [1.165, 1.54) is 0 Å². The Morgan fingerprint density at radius 2 is 1.83 bits per heavy atom. The maximum atomic E-state index is 9.22. The van der Waals surface area contributed by atoms with Crippen LogP contribution in [0, 0.1) is 0 Å². The maximum absolute atomic E-state index is 9.22. The number of hydrogen-bond acceptors (Lipinski definition) is 4. The Bertz CT molecular complexity index is 976. The van der Waals surface area contributed by atoms with E-state index in [0.717, 1.165) is 66.3 Å². The molecule has 4 rings (SSSR count). The Kier molecular flexibility index (Phi) is 5.81. The van der Waals surface area contributed by atoms with E-state index >= 15 is 0 Å². The zero-order valence-corrected chi connectivity index (χ0v) is 17.1. The lowest BCUT2D eigenvalue weighted by atomic mass is 9.87.